The first-order valence-electron chi connectivity index (χ1n) is 9.69. The minimum atomic E-state index is -0.510. The third-order valence-electron chi connectivity index (χ3n) is 5.17. The van der Waals surface area contributed by atoms with Gasteiger partial charge in [0.15, 0.2) is 0 Å². The van der Waals surface area contributed by atoms with Gasteiger partial charge in [-0.2, -0.15) is 0 Å². The van der Waals surface area contributed by atoms with E-state index in [0.29, 0.717) is 19.5 Å². The molecule has 0 spiro atoms. The number of nitrogens with zero attached hydrogens (tertiary/aromatic N) is 1. The average molecular weight is 358 g/mol. The van der Waals surface area contributed by atoms with Gasteiger partial charge in [-0.15, -0.1) is 0 Å². The van der Waals surface area contributed by atoms with Crippen molar-refractivity contribution in [3.63, 3.8) is 0 Å². The smallest absolute Gasteiger partial charge is 0.407 e. The van der Waals surface area contributed by atoms with Crippen molar-refractivity contribution in [2.75, 3.05) is 13.1 Å². The van der Waals surface area contributed by atoms with E-state index < -0.39 is 11.7 Å². The monoisotopic (exact) mass is 358 g/mol. The Bertz CT molecular complexity index is 678. The van der Waals surface area contributed by atoms with E-state index in [-0.39, 0.29) is 11.9 Å². The number of benzene rings is 1. The van der Waals surface area contributed by atoms with Gasteiger partial charge >= 0.3 is 6.09 Å². The molecule has 1 heterocycles. The van der Waals surface area contributed by atoms with Gasteiger partial charge < -0.3 is 15.0 Å². The van der Waals surface area contributed by atoms with Crippen LogP contribution in [0.15, 0.2) is 18.2 Å². The molecule has 1 fully saturated rings. The molecule has 142 valence electrons. The van der Waals surface area contributed by atoms with Gasteiger partial charge in [0.05, 0.1) is 0 Å². The number of fused-ring (bicyclic) bond motifs is 1. The van der Waals surface area contributed by atoms with Crippen LogP contribution in [-0.4, -0.2) is 41.6 Å². The van der Waals surface area contributed by atoms with Gasteiger partial charge in [-0.1, -0.05) is 18.2 Å². The van der Waals surface area contributed by atoms with Crippen molar-refractivity contribution in [1.29, 1.82) is 0 Å². The quantitative estimate of drug-likeness (QED) is 0.879. The highest BCUT2D eigenvalue weighted by atomic mass is 16.6. The van der Waals surface area contributed by atoms with Crippen molar-refractivity contribution in [2.45, 2.75) is 70.9 Å². The normalized spacial score (nSPS) is 19.6. The fourth-order valence-electron chi connectivity index (χ4n) is 4.05. The van der Waals surface area contributed by atoms with Crippen LogP contribution >= 0.6 is 0 Å². The van der Waals surface area contributed by atoms with E-state index in [0.717, 1.165) is 19.3 Å². The molecule has 0 bridgehead atoms. The summed E-state index contributed by atoms with van der Waals surface area (Å²) in [5, 5.41) is 2.76. The molecule has 5 nitrogen and oxygen atoms in total. The van der Waals surface area contributed by atoms with Crippen LogP contribution in [0.1, 0.15) is 56.7 Å². The number of hydrogen-bond donors (Lipinski definition) is 1. The van der Waals surface area contributed by atoms with Crippen molar-refractivity contribution in [3.8, 4) is 0 Å². The number of hydrogen-bond acceptors (Lipinski definition) is 3. The minimum absolute atomic E-state index is 0.188. The molecule has 2 aliphatic rings. The van der Waals surface area contributed by atoms with Crippen molar-refractivity contribution in [2.24, 2.45) is 0 Å². The number of carbonyl (C=O) groups excluding carboxylic acids is 2. The van der Waals surface area contributed by atoms with Crippen LogP contribution in [0.2, 0.25) is 0 Å². The van der Waals surface area contributed by atoms with Gasteiger partial charge in [0.2, 0.25) is 5.91 Å². The number of alkyl carbamates (subject to hydrolysis) is 1. The van der Waals surface area contributed by atoms with Crippen molar-refractivity contribution in [3.05, 3.63) is 34.9 Å². The van der Waals surface area contributed by atoms with Crippen LogP contribution in [0.25, 0.3) is 0 Å². The number of amides is 2. The summed E-state index contributed by atoms with van der Waals surface area (Å²) >= 11 is 0. The molecule has 3 rings (SSSR count). The molecule has 2 amide bonds. The van der Waals surface area contributed by atoms with E-state index in [1.165, 1.54) is 29.5 Å². The molecule has 0 saturated carbocycles. The Hall–Kier alpha value is -2.04. The second kappa shape index (κ2) is 7.68. The molecule has 1 atom stereocenters. The van der Waals surface area contributed by atoms with Crippen molar-refractivity contribution in [1.82, 2.24) is 10.2 Å². The van der Waals surface area contributed by atoms with Crippen LogP contribution in [0.5, 0.6) is 0 Å². The van der Waals surface area contributed by atoms with Gasteiger partial charge in [0.25, 0.3) is 0 Å². The number of rotatable bonds is 5. The average Bonchev–Trinajstić information content (AvgIpc) is 3.15. The summed E-state index contributed by atoms with van der Waals surface area (Å²) in [6.07, 6.45) is 5.56. The highest BCUT2D eigenvalue weighted by Crippen LogP contribution is 2.29. The summed E-state index contributed by atoms with van der Waals surface area (Å²) in [7, 11) is 0. The lowest BCUT2D eigenvalue weighted by Gasteiger charge is -2.26. The Balaban J connectivity index is 1.56. The maximum absolute atomic E-state index is 12.3. The SMILES string of the molecule is CC(C)(C)OC(=O)NCCN1C(=O)CC[C@H]1Cc1cccc2c1CCC2. The Kier molecular flexibility index (Phi) is 5.54. The maximum atomic E-state index is 12.3. The molecule has 0 unspecified atom stereocenters. The zero-order valence-electron chi connectivity index (χ0n) is 16.1. The van der Waals surface area contributed by atoms with Crippen molar-refractivity contribution < 1.29 is 14.3 Å². The van der Waals surface area contributed by atoms with E-state index in [2.05, 4.69) is 23.5 Å². The predicted molar refractivity (Wildman–Crippen MR) is 101 cm³/mol. The molecular weight excluding hydrogens is 328 g/mol. The van der Waals surface area contributed by atoms with Crippen molar-refractivity contribution >= 4 is 12.0 Å². The topological polar surface area (TPSA) is 58.6 Å². The van der Waals surface area contributed by atoms with Gasteiger partial charge in [-0.25, -0.2) is 4.79 Å². The third kappa shape index (κ3) is 4.57. The molecule has 1 aromatic carbocycles. The van der Waals surface area contributed by atoms with Gasteiger partial charge in [-0.3, -0.25) is 4.79 Å². The lowest BCUT2D eigenvalue weighted by molar-refractivity contribution is -0.128. The molecule has 1 aliphatic carbocycles. The summed E-state index contributed by atoms with van der Waals surface area (Å²) in [4.78, 5) is 26.0. The van der Waals surface area contributed by atoms with Crippen LogP contribution in [0, 0.1) is 0 Å². The molecule has 0 radical (unpaired) electrons. The second-order valence-corrected chi connectivity index (χ2v) is 8.32. The second-order valence-electron chi connectivity index (χ2n) is 8.32. The molecule has 0 aromatic heterocycles. The third-order valence-corrected chi connectivity index (χ3v) is 5.17. The molecule has 1 N–H and O–H groups in total. The standard InChI is InChI=1S/C21H30N2O3/c1-21(2,3)26-20(25)22-12-13-23-17(10-11-19(23)24)14-16-8-4-6-15-7-5-9-18(15)16/h4,6,8,17H,5,7,9-14H2,1-3H3,(H,22,25)/t17-/m0/s1. The first-order chi connectivity index (χ1) is 12.3. The molecule has 1 aliphatic heterocycles. The van der Waals surface area contributed by atoms with Crippen LogP contribution in [0.4, 0.5) is 4.79 Å². The number of aryl methyl sites for hydroxylation is 1. The Labute approximate surface area is 156 Å². The summed E-state index contributed by atoms with van der Waals surface area (Å²) in [5.41, 5.74) is 3.86. The van der Waals surface area contributed by atoms with E-state index in [9.17, 15) is 9.59 Å². The number of carbonyl (C=O) groups is 2. The fourth-order valence-corrected chi connectivity index (χ4v) is 4.05. The summed E-state index contributed by atoms with van der Waals surface area (Å²) in [6.45, 7) is 6.47. The maximum Gasteiger partial charge on any atom is 0.407 e. The van der Waals surface area contributed by atoms with E-state index in [1.54, 1.807) is 0 Å². The first kappa shape index (κ1) is 18.7. The van der Waals surface area contributed by atoms with Crippen LogP contribution < -0.4 is 5.32 Å². The van der Waals surface area contributed by atoms with Gasteiger partial charge in [0, 0.05) is 25.6 Å². The zero-order chi connectivity index (χ0) is 18.7. The Morgan fingerprint density at radius 2 is 2.08 bits per heavy atom. The van der Waals surface area contributed by atoms with E-state index >= 15 is 0 Å². The van der Waals surface area contributed by atoms with E-state index in [4.69, 9.17) is 4.74 Å². The molecule has 1 aromatic rings. The number of ether oxygens (including phenoxy) is 1. The lowest BCUT2D eigenvalue weighted by atomic mass is 9.96. The first-order valence-corrected chi connectivity index (χ1v) is 9.69. The summed E-state index contributed by atoms with van der Waals surface area (Å²) in [6, 6.07) is 6.82. The highest BCUT2D eigenvalue weighted by molar-refractivity contribution is 5.79. The predicted octanol–water partition coefficient (Wildman–Crippen LogP) is 3.23. The van der Waals surface area contributed by atoms with Gasteiger partial charge in [0.1, 0.15) is 5.60 Å². The fraction of sp³-hybridized carbons (Fsp3) is 0.619. The highest BCUT2D eigenvalue weighted by Gasteiger charge is 2.31. The molecule has 26 heavy (non-hydrogen) atoms. The number of likely N-dealkylation sites (tertiary alicyclic amines) is 1. The number of nitrogens with one attached hydrogen (secondary N) is 1. The molecular formula is C21H30N2O3. The molecule has 5 heteroatoms. The Morgan fingerprint density at radius 3 is 2.85 bits per heavy atom. The Morgan fingerprint density at radius 1 is 1.27 bits per heavy atom. The summed E-state index contributed by atoms with van der Waals surface area (Å²) < 4.78 is 5.25. The molecule has 1 saturated heterocycles. The van der Waals surface area contributed by atoms with E-state index in [1.807, 2.05) is 25.7 Å². The largest absolute Gasteiger partial charge is 0.444 e. The van der Waals surface area contributed by atoms with Gasteiger partial charge in [-0.05, 0) is 69.6 Å². The van der Waals surface area contributed by atoms with Crippen LogP contribution in [-0.2, 0) is 28.8 Å². The zero-order valence-corrected chi connectivity index (χ0v) is 16.1. The van der Waals surface area contributed by atoms with Crippen LogP contribution in [0.3, 0.4) is 0 Å². The minimum Gasteiger partial charge on any atom is -0.444 e. The lowest BCUT2D eigenvalue weighted by Crippen LogP contribution is -2.42. The summed E-state index contributed by atoms with van der Waals surface area (Å²) in [5.74, 6) is 0.188.